The van der Waals surface area contributed by atoms with E-state index in [0.29, 0.717) is 27.1 Å². The Balaban J connectivity index is -0.0000000667. The van der Waals surface area contributed by atoms with Crippen molar-refractivity contribution in [1.29, 1.82) is 0 Å². The fourth-order valence-electron chi connectivity index (χ4n) is 6.08. The summed E-state index contributed by atoms with van der Waals surface area (Å²) >= 11 is 0. The van der Waals surface area contributed by atoms with Gasteiger partial charge in [0, 0.05) is 21.1 Å². The summed E-state index contributed by atoms with van der Waals surface area (Å²) in [6.45, 7) is 64.8. The van der Waals surface area contributed by atoms with Crippen LogP contribution in [-0.4, -0.2) is 91.2 Å². The summed E-state index contributed by atoms with van der Waals surface area (Å²) in [5.41, 5.74) is 12.9. The highest BCUT2D eigenvalue weighted by molar-refractivity contribution is 7.51. The molecule has 586 valence electrons. The molecule has 0 atom stereocenters. The van der Waals surface area contributed by atoms with Crippen LogP contribution in [0.15, 0.2) is 152 Å². The summed E-state index contributed by atoms with van der Waals surface area (Å²) in [6.07, 6.45) is -0.493. The minimum atomic E-state index is -4.15. The van der Waals surface area contributed by atoms with Gasteiger partial charge in [0.1, 0.15) is 6.35 Å². The third-order valence-electron chi connectivity index (χ3n) is 11.8. The molecule has 0 saturated carbocycles. The number of carbonyl (C=O) groups excluding carboxylic acids is 2. The normalized spacial score (nSPS) is 11.4. The molecule has 1 aliphatic heterocycles. The Kier molecular flexibility index (Phi) is 90.3. The van der Waals surface area contributed by atoms with E-state index in [9.17, 15) is 18.7 Å². The zero-order valence-corrected chi connectivity index (χ0v) is 67.6. The van der Waals surface area contributed by atoms with E-state index in [1.807, 2.05) is 76.1 Å². The zero-order chi connectivity index (χ0) is 76.5. The number of phosphoric acid groups is 1. The van der Waals surface area contributed by atoms with Gasteiger partial charge >= 0.3 is 34.5 Å². The van der Waals surface area contributed by atoms with Crippen LogP contribution in [-0.2, 0) is 73.8 Å². The van der Waals surface area contributed by atoms with Crippen molar-refractivity contribution in [2.45, 2.75) is 290 Å². The van der Waals surface area contributed by atoms with Gasteiger partial charge in [0.05, 0.1) is 32.0 Å². The molecule has 0 aliphatic carbocycles. The Morgan fingerprint density at radius 1 is 0.414 bits per heavy atom. The van der Waals surface area contributed by atoms with Gasteiger partial charge in [0.2, 0.25) is 0 Å². The molecule has 0 amide bonds. The van der Waals surface area contributed by atoms with Crippen LogP contribution < -0.4 is 5.73 Å². The Bertz CT molecular complexity index is 2220. The molecular weight excluding hydrogens is 1280 g/mol. The number of hydrogen-bond donors (Lipinski definition) is 5. The number of ether oxygens (including phenoxy) is 3. The van der Waals surface area contributed by atoms with Crippen LogP contribution in [0.3, 0.4) is 0 Å². The molecule has 1 aliphatic rings. The van der Waals surface area contributed by atoms with Crippen molar-refractivity contribution in [3.63, 3.8) is 0 Å². The molecule has 6 rings (SSSR count). The molecule has 6 N–H and O–H groups in total. The molecule has 0 radical (unpaired) electrons. The average molecular weight is 1440 g/mol. The molecule has 1 fully saturated rings. The van der Waals surface area contributed by atoms with Crippen molar-refractivity contribution in [3.05, 3.63) is 179 Å². The first-order chi connectivity index (χ1) is 43.1. The van der Waals surface area contributed by atoms with Gasteiger partial charge in [0.15, 0.2) is 0 Å². The summed E-state index contributed by atoms with van der Waals surface area (Å²) in [7, 11) is -3.27. The van der Waals surface area contributed by atoms with Gasteiger partial charge in [0.25, 0.3) is 0 Å². The largest absolute Gasteiger partial charge is 0.469 e. The van der Waals surface area contributed by atoms with Gasteiger partial charge in [-0.15, -0.1) is 0 Å². The Hall–Kier alpha value is -4.80. The fraction of sp³-hybridized carbons (Fsp3) is 0.605. The minimum absolute atomic E-state index is 0. The monoisotopic (exact) mass is 1440 g/mol. The molecule has 0 spiro atoms. The second kappa shape index (κ2) is 70.3. The molecule has 5 aromatic carbocycles. The topological polar surface area (TPSA) is 231 Å². The highest BCUT2D eigenvalue weighted by Gasteiger charge is 2.48. The lowest BCUT2D eigenvalue weighted by molar-refractivity contribution is -0.139. The maximum atomic E-state index is 9.83. The number of carbonyl (C=O) groups is 2. The second-order valence-corrected chi connectivity index (χ2v) is 28.1. The molecule has 99 heavy (non-hydrogen) atoms. The van der Waals surface area contributed by atoms with Crippen molar-refractivity contribution in [1.82, 2.24) is 0 Å². The summed E-state index contributed by atoms with van der Waals surface area (Å²) in [4.78, 5) is 50.9. The molecule has 1 heterocycles. The summed E-state index contributed by atoms with van der Waals surface area (Å²) in [5, 5.41) is 0. The Morgan fingerprint density at radius 3 is 0.616 bits per heavy atom. The van der Waals surface area contributed by atoms with E-state index in [4.69, 9.17) is 34.6 Å². The summed E-state index contributed by atoms with van der Waals surface area (Å²) in [6, 6.07) is 52.8. The van der Waals surface area contributed by atoms with E-state index in [1.165, 1.54) is 56.1 Å². The van der Waals surface area contributed by atoms with Crippen molar-refractivity contribution in [2.24, 2.45) is 5.73 Å². The third kappa shape index (κ3) is 82.1. The maximum absolute atomic E-state index is 9.83. The Morgan fingerprint density at radius 2 is 0.576 bits per heavy atom. The first-order valence-corrected chi connectivity index (χ1v) is 36.0. The summed E-state index contributed by atoms with van der Waals surface area (Å²) in [5.74, 6) is -0.625. The fourth-order valence-corrected chi connectivity index (χ4v) is 6.42. The van der Waals surface area contributed by atoms with Gasteiger partial charge in [-0.2, -0.15) is 0 Å². The number of rotatable bonds is 4. The molecule has 0 aromatic heterocycles. The van der Waals surface area contributed by atoms with Gasteiger partial charge in [-0.05, 0) is 89.4 Å². The van der Waals surface area contributed by atoms with Crippen LogP contribution >= 0.6 is 15.4 Å². The average Bonchev–Trinajstić information content (AvgIpc) is 1.65. The zero-order valence-electron chi connectivity index (χ0n) is 65.8. The number of hydrogen-bond acceptors (Lipinski definition) is 11. The van der Waals surface area contributed by atoms with Crippen LogP contribution in [0, 0.1) is 0 Å². The van der Waals surface area contributed by atoms with Gasteiger partial charge in [-0.1, -0.05) is 362 Å². The van der Waals surface area contributed by atoms with E-state index in [1.54, 1.807) is 0 Å². The van der Waals surface area contributed by atoms with E-state index in [0.717, 1.165) is 7.11 Å². The molecule has 18 heteroatoms. The maximum Gasteiger partial charge on any atom is 0.469 e. The number of phosphoric ester groups is 1. The predicted octanol–water partition coefficient (Wildman–Crippen LogP) is 23.7. The number of benzene rings is 5. The molecule has 5 aromatic rings. The van der Waals surface area contributed by atoms with E-state index < -0.39 is 21.8 Å². The first kappa shape index (κ1) is 127. The molecule has 1 saturated heterocycles. The standard InChI is InChI=1S/5C10H14.C7H15BO2.C3H7NO2.C3H6O2.C2H7O4P.5C2H6.CH5O4P.5CH4/c5*1-10(2,3)9-7-5-4-6-8-9;1-6(2)7(3,4)10-8(5)9-6;1-6-3(5)2-4;1-3(4)5-2;1-6-2-7(3,4)5;5*1-2;1-5-6(2,3)4;;;;;/h5*4-8H,1-3H3;1-5H3;2,4H2,1H3;1-2H3;2H2,1H3,(H2,3,4,5);5*1-2H3;1H3,(H2,2,3,4);5*1H4. The number of esters is 2. The van der Waals surface area contributed by atoms with Crippen molar-refractivity contribution in [2.75, 3.05) is 41.3 Å². The van der Waals surface area contributed by atoms with Gasteiger partial charge in [-0.3, -0.25) is 18.7 Å². The highest BCUT2D eigenvalue weighted by Crippen LogP contribution is 2.37. The quantitative estimate of drug-likeness (QED) is 0.0640. The second-order valence-electron chi connectivity index (χ2n) is 25.1. The molecule has 15 nitrogen and oxygen atoms in total. The molecule has 0 unspecified atom stereocenters. The van der Waals surface area contributed by atoms with E-state index >= 15 is 0 Å². The lowest BCUT2D eigenvalue weighted by Crippen LogP contribution is -2.41. The van der Waals surface area contributed by atoms with Crippen LogP contribution in [0.1, 0.15) is 273 Å². The first-order valence-electron chi connectivity index (χ1n) is 32.7. The summed E-state index contributed by atoms with van der Waals surface area (Å²) < 4.78 is 46.4. The predicted molar refractivity (Wildman–Crippen MR) is 440 cm³/mol. The van der Waals surface area contributed by atoms with Crippen LogP contribution in [0.25, 0.3) is 0 Å². The number of methoxy groups -OCH3 is 3. The van der Waals surface area contributed by atoms with Crippen molar-refractivity contribution in [3.8, 4) is 0 Å². The van der Waals surface area contributed by atoms with E-state index in [-0.39, 0.29) is 73.9 Å². The van der Waals surface area contributed by atoms with Crippen LogP contribution in [0.4, 0.5) is 0 Å². The van der Waals surface area contributed by atoms with Gasteiger partial charge < -0.3 is 48.8 Å². The van der Waals surface area contributed by atoms with Crippen LogP contribution in [0.5, 0.6) is 0 Å². The van der Waals surface area contributed by atoms with Crippen molar-refractivity contribution < 1.29 is 66.3 Å². The highest BCUT2D eigenvalue weighted by atomic mass is 31.2. The third-order valence-corrected chi connectivity index (χ3v) is 12.9. The lowest BCUT2D eigenvalue weighted by atomic mass is 9.87. The number of nitrogens with two attached hydrogens (primary N) is 1. The molecular formula is C81H160BNO14P2. The van der Waals surface area contributed by atoms with E-state index in [2.05, 4.69) is 302 Å². The smallest absolute Gasteiger partial charge is 0.469 e. The SMILES string of the molecule is C.C.C.C.C.CB1OC(C)(C)C(C)(C)O1.CC.CC.CC.CC.CC.CC(C)(C)c1ccccc1.CC(C)(C)c1ccccc1.CC(C)(C)c1ccccc1.CC(C)(C)c1ccccc1.CC(C)(C)c1ccccc1.COC(=O)CN.COC(C)=O.COCP(=O)(O)O.COP(=O)(O)O. The lowest BCUT2D eigenvalue weighted by Gasteiger charge is -2.32. The van der Waals surface area contributed by atoms with Gasteiger partial charge in [-0.25, -0.2) is 4.57 Å². The van der Waals surface area contributed by atoms with Crippen LogP contribution in [0.2, 0.25) is 6.82 Å². The minimum Gasteiger partial charge on any atom is -0.469 e. The van der Waals surface area contributed by atoms with Crippen molar-refractivity contribution >= 4 is 34.5 Å². The molecule has 0 bridgehead atoms. The Labute approximate surface area is 614 Å².